The maximum absolute atomic E-state index is 5.22. The van der Waals surface area contributed by atoms with Crippen LogP contribution in [0.1, 0.15) is 12.5 Å². The molecular weight excluding hydrogens is 408 g/mol. The van der Waals surface area contributed by atoms with Gasteiger partial charge in [-0.3, -0.25) is 0 Å². The van der Waals surface area contributed by atoms with E-state index in [4.69, 9.17) is 4.74 Å². The Bertz CT molecular complexity index is 1150. The molecule has 0 aliphatic carbocycles. The standard InChI is InChI=1S/C19H17BrN6O/c1-3-26-15-7-5-4-6-13(15)17-18(26)22-19(25-23-17)24-21-11-12-8-9-16(27-2)14(20)10-12/h4-11H,3H2,1-2H3,(H,22,24,25)/b21-11+. The summed E-state index contributed by atoms with van der Waals surface area (Å²) < 4.78 is 8.21. The molecule has 1 N–H and O–H groups in total. The van der Waals surface area contributed by atoms with Crippen molar-refractivity contribution in [3.05, 3.63) is 52.5 Å². The first-order valence-corrected chi connectivity index (χ1v) is 9.25. The van der Waals surface area contributed by atoms with Gasteiger partial charge in [0.15, 0.2) is 5.65 Å². The highest BCUT2D eigenvalue weighted by atomic mass is 79.9. The van der Waals surface area contributed by atoms with Crippen LogP contribution in [0.4, 0.5) is 5.95 Å². The number of aromatic nitrogens is 4. The van der Waals surface area contributed by atoms with Crippen LogP contribution in [0.2, 0.25) is 0 Å². The Morgan fingerprint density at radius 3 is 2.85 bits per heavy atom. The van der Waals surface area contributed by atoms with E-state index in [0.717, 1.165) is 44.4 Å². The van der Waals surface area contributed by atoms with Gasteiger partial charge in [-0.2, -0.15) is 10.1 Å². The molecule has 4 aromatic rings. The van der Waals surface area contributed by atoms with Crippen molar-refractivity contribution in [3.8, 4) is 5.75 Å². The number of anilines is 1. The lowest BCUT2D eigenvalue weighted by molar-refractivity contribution is 0.412. The molecule has 0 aliphatic heterocycles. The molecule has 0 radical (unpaired) electrons. The minimum atomic E-state index is 0.351. The van der Waals surface area contributed by atoms with Crippen LogP contribution in [0.15, 0.2) is 52.0 Å². The number of halogens is 1. The van der Waals surface area contributed by atoms with E-state index in [1.54, 1.807) is 13.3 Å². The Hall–Kier alpha value is -3.00. The van der Waals surface area contributed by atoms with Crippen LogP contribution in [0, 0.1) is 0 Å². The highest BCUT2D eigenvalue weighted by Gasteiger charge is 2.13. The smallest absolute Gasteiger partial charge is 0.265 e. The van der Waals surface area contributed by atoms with Gasteiger partial charge in [-0.25, -0.2) is 5.43 Å². The van der Waals surface area contributed by atoms with Gasteiger partial charge in [-0.15, -0.1) is 10.2 Å². The second-order valence-electron chi connectivity index (χ2n) is 5.83. The van der Waals surface area contributed by atoms with Gasteiger partial charge in [0, 0.05) is 11.9 Å². The average molecular weight is 425 g/mol. The first-order chi connectivity index (χ1) is 13.2. The lowest BCUT2D eigenvalue weighted by atomic mass is 10.2. The molecule has 2 heterocycles. The molecule has 2 aromatic carbocycles. The van der Waals surface area contributed by atoms with Crippen molar-refractivity contribution in [1.29, 1.82) is 0 Å². The van der Waals surface area contributed by atoms with Gasteiger partial charge in [-0.1, -0.05) is 18.2 Å². The Morgan fingerprint density at radius 2 is 2.07 bits per heavy atom. The summed E-state index contributed by atoms with van der Waals surface area (Å²) in [5, 5.41) is 13.8. The van der Waals surface area contributed by atoms with Crippen LogP contribution in [0.3, 0.4) is 0 Å². The van der Waals surface area contributed by atoms with Gasteiger partial charge in [0.2, 0.25) is 0 Å². The van der Waals surface area contributed by atoms with Crippen molar-refractivity contribution in [2.75, 3.05) is 12.5 Å². The van der Waals surface area contributed by atoms with E-state index in [-0.39, 0.29) is 0 Å². The van der Waals surface area contributed by atoms with Crippen LogP contribution >= 0.6 is 15.9 Å². The molecule has 0 saturated carbocycles. The quantitative estimate of drug-likeness (QED) is 0.383. The minimum absolute atomic E-state index is 0.351. The summed E-state index contributed by atoms with van der Waals surface area (Å²) in [7, 11) is 1.63. The summed E-state index contributed by atoms with van der Waals surface area (Å²) >= 11 is 3.46. The van der Waals surface area contributed by atoms with Crippen molar-refractivity contribution in [2.24, 2.45) is 5.10 Å². The third kappa shape index (κ3) is 3.23. The summed E-state index contributed by atoms with van der Waals surface area (Å²) in [5.41, 5.74) is 6.44. The normalized spacial score (nSPS) is 11.5. The van der Waals surface area contributed by atoms with E-state index >= 15 is 0 Å². The van der Waals surface area contributed by atoms with Crippen LogP contribution < -0.4 is 10.2 Å². The van der Waals surface area contributed by atoms with E-state index < -0.39 is 0 Å². The van der Waals surface area contributed by atoms with Gasteiger partial charge in [0.25, 0.3) is 5.95 Å². The topological polar surface area (TPSA) is 77.2 Å². The summed E-state index contributed by atoms with van der Waals surface area (Å²) in [4.78, 5) is 4.59. The van der Waals surface area contributed by atoms with Crippen molar-refractivity contribution in [2.45, 2.75) is 13.5 Å². The summed E-state index contributed by atoms with van der Waals surface area (Å²) in [5.74, 6) is 1.12. The molecule has 27 heavy (non-hydrogen) atoms. The second-order valence-corrected chi connectivity index (χ2v) is 6.69. The number of aryl methyl sites for hydroxylation is 1. The molecule has 0 aliphatic rings. The van der Waals surface area contributed by atoms with Crippen LogP contribution in [0.25, 0.3) is 22.1 Å². The van der Waals surface area contributed by atoms with E-state index in [9.17, 15) is 0 Å². The highest BCUT2D eigenvalue weighted by Crippen LogP contribution is 2.26. The lowest BCUT2D eigenvalue weighted by Crippen LogP contribution is -2.02. The van der Waals surface area contributed by atoms with Crippen LogP contribution in [-0.4, -0.2) is 33.1 Å². The Balaban J connectivity index is 1.63. The van der Waals surface area contributed by atoms with Crippen molar-refractivity contribution >= 4 is 50.2 Å². The molecule has 0 amide bonds. The van der Waals surface area contributed by atoms with Gasteiger partial charge in [-0.05, 0) is 52.7 Å². The first kappa shape index (κ1) is 17.4. The van der Waals surface area contributed by atoms with Gasteiger partial charge < -0.3 is 9.30 Å². The van der Waals surface area contributed by atoms with Gasteiger partial charge >= 0.3 is 0 Å². The fourth-order valence-corrected chi connectivity index (χ4v) is 3.56. The predicted molar refractivity (Wildman–Crippen MR) is 110 cm³/mol. The number of hydrazone groups is 1. The zero-order valence-corrected chi connectivity index (χ0v) is 16.4. The molecule has 0 spiro atoms. The maximum Gasteiger partial charge on any atom is 0.265 e. The zero-order valence-electron chi connectivity index (χ0n) is 14.8. The molecule has 0 fully saturated rings. The van der Waals surface area contributed by atoms with E-state index in [2.05, 4.69) is 59.2 Å². The molecule has 4 rings (SSSR count). The van der Waals surface area contributed by atoms with Crippen LogP contribution in [-0.2, 0) is 6.54 Å². The van der Waals surface area contributed by atoms with Crippen LogP contribution in [0.5, 0.6) is 5.75 Å². The van der Waals surface area contributed by atoms with E-state index in [1.165, 1.54) is 0 Å². The number of para-hydroxylation sites is 1. The summed E-state index contributed by atoms with van der Waals surface area (Å²) in [6.45, 7) is 2.88. The summed E-state index contributed by atoms with van der Waals surface area (Å²) in [6.07, 6.45) is 1.69. The molecular formula is C19H17BrN6O. The fourth-order valence-electron chi connectivity index (χ4n) is 3.00. The monoisotopic (exact) mass is 424 g/mol. The Kier molecular flexibility index (Phi) is 4.72. The molecule has 136 valence electrons. The van der Waals surface area contributed by atoms with E-state index in [1.807, 2.05) is 36.4 Å². The zero-order chi connectivity index (χ0) is 18.8. The molecule has 0 saturated heterocycles. The predicted octanol–water partition coefficient (Wildman–Crippen LogP) is 4.22. The largest absolute Gasteiger partial charge is 0.496 e. The van der Waals surface area contributed by atoms with E-state index in [0.29, 0.717) is 5.95 Å². The third-order valence-corrected chi connectivity index (χ3v) is 4.86. The lowest BCUT2D eigenvalue weighted by Gasteiger charge is -2.03. The molecule has 2 aromatic heterocycles. The number of hydrogen-bond acceptors (Lipinski definition) is 6. The SMILES string of the molecule is CCn1c2ccccc2c2nnc(N/N=C/c3ccc(OC)c(Br)c3)nc21. The van der Waals surface area contributed by atoms with Crippen molar-refractivity contribution in [1.82, 2.24) is 19.7 Å². The number of rotatable bonds is 5. The fraction of sp³-hybridized carbons (Fsp3) is 0.158. The minimum Gasteiger partial charge on any atom is -0.496 e. The van der Waals surface area contributed by atoms with Gasteiger partial charge in [0.05, 0.1) is 23.3 Å². The highest BCUT2D eigenvalue weighted by molar-refractivity contribution is 9.10. The summed E-state index contributed by atoms with van der Waals surface area (Å²) in [6, 6.07) is 13.8. The number of nitrogens with one attached hydrogen (secondary N) is 1. The Labute approximate surface area is 164 Å². The molecule has 0 unspecified atom stereocenters. The number of hydrogen-bond donors (Lipinski definition) is 1. The molecule has 0 atom stereocenters. The second kappa shape index (κ2) is 7.32. The van der Waals surface area contributed by atoms with Crippen molar-refractivity contribution in [3.63, 3.8) is 0 Å². The maximum atomic E-state index is 5.22. The van der Waals surface area contributed by atoms with Gasteiger partial charge in [0.1, 0.15) is 11.3 Å². The third-order valence-electron chi connectivity index (χ3n) is 4.24. The number of fused-ring (bicyclic) bond motifs is 3. The average Bonchev–Trinajstić information content (AvgIpc) is 3.01. The number of benzene rings is 2. The number of nitrogens with zero attached hydrogens (tertiary/aromatic N) is 5. The number of ether oxygens (including phenoxy) is 1. The van der Waals surface area contributed by atoms with Crippen molar-refractivity contribution < 1.29 is 4.74 Å². The molecule has 8 heteroatoms. The number of methoxy groups -OCH3 is 1. The Morgan fingerprint density at radius 1 is 1.22 bits per heavy atom. The molecule has 0 bridgehead atoms. The first-order valence-electron chi connectivity index (χ1n) is 8.45. The molecule has 7 nitrogen and oxygen atoms in total.